The van der Waals surface area contributed by atoms with Gasteiger partial charge < -0.3 is 24.1 Å². The molecule has 0 bridgehead atoms. The third-order valence-corrected chi connectivity index (χ3v) is 4.05. The topological polar surface area (TPSA) is 57.2 Å². The van der Waals surface area contributed by atoms with Crippen molar-refractivity contribution in [3.8, 4) is 23.0 Å². The van der Waals surface area contributed by atoms with Gasteiger partial charge in [0.1, 0.15) is 5.75 Å². The summed E-state index contributed by atoms with van der Waals surface area (Å²) in [4.78, 5) is 0. The molecule has 0 fully saturated rings. The van der Waals surface area contributed by atoms with Gasteiger partial charge in [-0.2, -0.15) is 0 Å². The second-order valence-corrected chi connectivity index (χ2v) is 5.37. The van der Waals surface area contributed by atoms with Gasteiger partial charge in [0.2, 0.25) is 5.75 Å². The smallest absolute Gasteiger partial charge is 0.203 e. The highest BCUT2D eigenvalue weighted by Crippen LogP contribution is 2.46. The number of ether oxygens (including phenoxy) is 4. The zero-order chi connectivity index (χ0) is 16.4. The lowest BCUT2D eigenvalue weighted by Crippen LogP contribution is -2.30. The Morgan fingerprint density at radius 1 is 0.957 bits per heavy atom. The van der Waals surface area contributed by atoms with Crippen LogP contribution in [-0.2, 0) is 6.42 Å². The van der Waals surface area contributed by atoms with E-state index in [-0.39, 0.29) is 0 Å². The maximum absolute atomic E-state index is 10.5. The Balaban J connectivity index is 1.97. The van der Waals surface area contributed by atoms with Crippen molar-refractivity contribution in [2.24, 2.45) is 0 Å². The largest absolute Gasteiger partial charge is 0.497 e. The van der Waals surface area contributed by atoms with Crippen LogP contribution in [0.5, 0.6) is 23.0 Å². The van der Waals surface area contributed by atoms with E-state index in [0.717, 1.165) is 16.9 Å². The lowest BCUT2D eigenvalue weighted by Gasteiger charge is -2.32. The molecular formula is C18H20O5. The molecule has 0 spiro atoms. The molecule has 0 radical (unpaired) electrons. The van der Waals surface area contributed by atoms with E-state index in [1.54, 1.807) is 21.3 Å². The molecule has 2 atom stereocenters. The van der Waals surface area contributed by atoms with E-state index in [1.165, 1.54) is 0 Å². The summed E-state index contributed by atoms with van der Waals surface area (Å²) in [5.74, 6) is 2.54. The van der Waals surface area contributed by atoms with Crippen LogP contribution in [-0.4, -0.2) is 32.5 Å². The lowest BCUT2D eigenvalue weighted by atomic mass is 9.94. The fourth-order valence-electron chi connectivity index (χ4n) is 2.85. The van der Waals surface area contributed by atoms with Gasteiger partial charge in [0.05, 0.1) is 27.4 Å². The van der Waals surface area contributed by atoms with Gasteiger partial charge in [0.15, 0.2) is 17.6 Å². The van der Waals surface area contributed by atoms with E-state index >= 15 is 0 Å². The third-order valence-electron chi connectivity index (χ3n) is 4.05. The first-order valence-electron chi connectivity index (χ1n) is 7.40. The SMILES string of the molecule is COc1ccc([C@H]2Oc3c(ccc(OC)c3OC)C[C@@H]2O)cc1. The number of methoxy groups -OCH3 is 3. The van der Waals surface area contributed by atoms with Crippen LogP contribution in [0.3, 0.4) is 0 Å². The van der Waals surface area contributed by atoms with Crippen molar-refractivity contribution in [2.75, 3.05) is 21.3 Å². The molecule has 0 aromatic heterocycles. The summed E-state index contributed by atoms with van der Waals surface area (Å²) in [5, 5.41) is 10.5. The Morgan fingerprint density at radius 2 is 1.70 bits per heavy atom. The molecule has 0 amide bonds. The van der Waals surface area contributed by atoms with Crippen LogP contribution < -0.4 is 18.9 Å². The first kappa shape index (κ1) is 15.5. The summed E-state index contributed by atoms with van der Waals surface area (Å²) in [5.41, 5.74) is 1.79. The highest BCUT2D eigenvalue weighted by Gasteiger charge is 2.33. The van der Waals surface area contributed by atoms with Crippen LogP contribution in [0.4, 0.5) is 0 Å². The molecule has 1 aliphatic rings. The zero-order valence-corrected chi connectivity index (χ0v) is 13.4. The summed E-state index contributed by atoms with van der Waals surface area (Å²) in [6.07, 6.45) is -0.602. The van der Waals surface area contributed by atoms with Crippen LogP contribution in [0.1, 0.15) is 17.2 Å². The maximum atomic E-state index is 10.5. The number of hydrogen-bond donors (Lipinski definition) is 1. The molecule has 1 aliphatic heterocycles. The molecule has 0 unspecified atom stereocenters. The normalized spacial score (nSPS) is 19.5. The molecule has 1 heterocycles. The van der Waals surface area contributed by atoms with Gasteiger partial charge in [0, 0.05) is 12.0 Å². The van der Waals surface area contributed by atoms with E-state index in [4.69, 9.17) is 18.9 Å². The highest BCUT2D eigenvalue weighted by atomic mass is 16.5. The third kappa shape index (κ3) is 2.80. The van der Waals surface area contributed by atoms with Crippen molar-refractivity contribution in [1.82, 2.24) is 0 Å². The molecule has 5 nitrogen and oxygen atoms in total. The second kappa shape index (κ2) is 6.38. The van der Waals surface area contributed by atoms with Crippen LogP contribution in [0, 0.1) is 0 Å². The average molecular weight is 316 g/mol. The Bertz CT molecular complexity index is 681. The lowest BCUT2D eigenvalue weighted by molar-refractivity contribution is 0.0187. The Labute approximate surface area is 135 Å². The Hall–Kier alpha value is -2.40. The van der Waals surface area contributed by atoms with E-state index < -0.39 is 12.2 Å². The minimum absolute atomic E-state index is 0.464. The Morgan fingerprint density at radius 3 is 2.30 bits per heavy atom. The van der Waals surface area contributed by atoms with Crippen LogP contribution in [0.15, 0.2) is 36.4 Å². The first-order valence-corrected chi connectivity index (χ1v) is 7.40. The molecule has 2 aromatic carbocycles. The second-order valence-electron chi connectivity index (χ2n) is 5.37. The number of hydrogen-bond acceptors (Lipinski definition) is 5. The van der Waals surface area contributed by atoms with Gasteiger partial charge in [0.25, 0.3) is 0 Å². The van der Waals surface area contributed by atoms with Crippen LogP contribution >= 0.6 is 0 Å². The van der Waals surface area contributed by atoms with Gasteiger partial charge in [-0.15, -0.1) is 0 Å². The average Bonchev–Trinajstić information content (AvgIpc) is 2.60. The molecule has 1 N–H and O–H groups in total. The minimum atomic E-state index is -0.631. The summed E-state index contributed by atoms with van der Waals surface area (Å²) in [6, 6.07) is 11.2. The molecule has 0 aliphatic carbocycles. The quantitative estimate of drug-likeness (QED) is 0.940. The molecule has 122 valence electrons. The van der Waals surface area contributed by atoms with Crippen LogP contribution in [0.25, 0.3) is 0 Å². The van der Waals surface area contributed by atoms with Crippen molar-refractivity contribution < 1.29 is 24.1 Å². The summed E-state index contributed by atoms with van der Waals surface area (Å²) in [7, 11) is 4.78. The number of aliphatic hydroxyl groups is 1. The van der Waals surface area contributed by atoms with E-state index in [2.05, 4.69) is 0 Å². The van der Waals surface area contributed by atoms with Gasteiger partial charge in [-0.3, -0.25) is 0 Å². The van der Waals surface area contributed by atoms with Gasteiger partial charge in [-0.25, -0.2) is 0 Å². The van der Waals surface area contributed by atoms with Crippen LogP contribution in [0.2, 0.25) is 0 Å². The standard InChI is InChI=1S/C18H20O5/c1-20-13-7-4-11(5-8-13)16-14(19)10-12-6-9-15(21-2)18(22-3)17(12)23-16/h4-9,14,16,19H,10H2,1-3H3/t14-,16+/m0/s1. The summed E-state index contributed by atoms with van der Waals surface area (Å²) < 4.78 is 22.0. The summed E-state index contributed by atoms with van der Waals surface area (Å²) in [6.45, 7) is 0. The van der Waals surface area contributed by atoms with E-state index in [9.17, 15) is 5.11 Å². The fourth-order valence-corrected chi connectivity index (χ4v) is 2.85. The van der Waals surface area contributed by atoms with Crippen molar-refractivity contribution in [3.05, 3.63) is 47.5 Å². The molecule has 0 saturated heterocycles. The van der Waals surface area contributed by atoms with E-state index in [1.807, 2.05) is 36.4 Å². The maximum Gasteiger partial charge on any atom is 0.203 e. The Kier molecular flexibility index (Phi) is 4.30. The zero-order valence-electron chi connectivity index (χ0n) is 13.4. The van der Waals surface area contributed by atoms with Crippen molar-refractivity contribution in [2.45, 2.75) is 18.6 Å². The predicted octanol–water partition coefficient (Wildman–Crippen LogP) is 2.75. The number of aliphatic hydroxyl groups excluding tert-OH is 1. The van der Waals surface area contributed by atoms with Crippen molar-refractivity contribution >= 4 is 0 Å². The van der Waals surface area contributed by atoms with E-state index in [0.29, 0.717) is 23.7 Å². The minimum Gasteiger partial charge on any atom is -0.497 e. The highest BCUT2D eigenvalue weighted by molar-refractivity contribution is 5.57. The monoisotopic (exact) mass is 316 g/mol. The summed E-state index contributed by atoms with van der Waals surface area (Å²) >= 11 is 0. The van der Waals surface area contributed by atoms with Gasteiger partial charge in [-0.1, -0.05) is 18.2 Å². The van der Waals surface area contributed by atoms with Gasteiger partial charge >= 0.3 is 0 Å². The predicted molar refractivity (Wildman–Crippen MR) is 85.6 cm³/mol. The molecule has 3 rings (SSSR count). The van der Waals surface area contributed by atoms with Gasteiger partial charge in [-0.05, 0) is 23.8 Å². The van der Waals surface area contributed by atoms with Crippen molar-refractivity contribution in [3.63, 3.8) is 0 Å². The number of fused-ring (bicyclic) bond motifs is 1. The molecule has 2 aromatic rings. The molecular weight excluding hydrogens is 296 g/mol. The molecule has 5 heteroatoms. The first-order chi connectivity index (χ1) is 11.2. The number of benzene rings is 2. The number of rotatable bonds is 4. The fraction of sp³-hybridized carbons (Fsp3) is 0.333. The van der Waals surface area contributed by atoms with Crippen molar-refractivity contribution in [1.29, 1.82) is 0 Å². The molecule has 0 saturated carbocycles. The molecule has 23 heavy (non-hydrogen) atoms.